The molecule has 4 rings (SSSR count). The zero-order valence-electron chi connectivity index (χ0n) is 10.6. The number of carbonyl (C=O) groups is 2. The van der Waals surface area contributed by atoms with Gasteiger partial charge in [0.05, 0.1) is 21.3 Å². The molecule has 102 valence electrons. The minimum absolute atomic E-state index is 0.278. The average molecular weight is 312 g/mol. The molecule has 0 fully saturated rings. The van der Waals surface area contributed by atoms with Gasteiger partial charge in [-0.3, -0.25) is 9.59 Å². The number of hydrogen-bond acceptors (Lipinski definition) is 5. The summed E-state index contributed by atoms with van der Waals surface area (Å²) < 4.78 is 2.91. The van der Waals surface area contributed by atoms with Gasteiger partial charge in [0.1, 0.15) is 0 Å². The van der Waals surface area contributed by atoms with Gasteiger partial charge in [-0.25, -0.2) is 9.29 Å². The first-order chi connectivity index (χ1) is 10.2. The molecule has 2 aromatic carbocycles. The topological polar surface area (TPSA) is 50.3 Å². The van der Waals surface area contributed by atoms with Gasteiger partial charge in [-0.2, -0.15) is 0 Å². The standard InChI is InChI=1S/C15H8N2O2S2/c18-13-9-5-1-2-6-10(9)14(19)17(13)21-15-16-11-7-3-4-8-12(11)20-15/h1-8H. The maximum absolute atomic E-state index is 12.3. The van der Waals surface area contributed by atoms with Gasteiger partial charge in [0, 0.05) is 11.9 Å². The van der Waals surface area contributed by atoms with Gasteiger partial charge in [-0.15, -0.1) is 11.3 Å². The van der Waals surface area contributed by atoms with Crippen LogP contribution < -0.4 is 0 Å². The molecule has 2 heterocycles. The molecule has 21 heavy (non-hydrogen) atoms. The predicted molar refractivity (Wildman–Crippen MR) is 82.4 cm³/mol. The van der Waals surface area contributed by atoms with Crippen LogP contribution in [0.1, 0.15) is 20.7 Å². The summed E-state index contributed by atoms with van der Waals surface area (Å²) in [7, 11) is 0. The molecule has 3 aromatic rings. The largest absolute Gasteiger partial charge is 0.272 e. The molecule has 0 bridgehead atoms. The van der Waals surface area contributed by atoms with Gasteiger partial charge < -0.3 is 0 Å². The predicted octanol–water partition coefficient (Wildman–Crippen LogP) is 3.60. The molecule has 0 spiro atoms. The number of thiazole rings is 1. The Kier molecular flexibility index (Phi) is 2.80. The molecule has 0 unspecified atom stereocenters. The van der Waals surface area contributed by atoms with Crippen molar-refractivity contribution in [2.75, 3.05) is 0 Å². The molecule has 0 saturated carbocycles. The van der Waals surface area contributed by atoms with Crippen molar-refractivity contribution in [2.45, 2.75) is 4.34 Å². The number of nitrogens with zero attached hydrogens (tertiary/aromatic N) is 2. The summed E-state index contributed by atoms with van der Waals surface area (Å²) in [6, 6.07) is 14.6. The van der Waals surface area contributed by atoms with Crippen LogP contribution in [0.15, 0.2) is 52.9 Å². The Morgan fingerprint density at radius 3 is 2.19 bits per heavy atom. The lowest BCUT2D eigenvalue weighted by Gasteiger charge is -2.09. The zero-order chi connectivity index (χ0) is 14.4. The maximum atomic E-state index is 12.3. The summed E-state index contributed by atoms with van der Waals surface area (Å²) in [5.74, 6) is -0.556. The third-order valence-electron chi connectivity index (χ3n) is 3.20. The van der Waals surface area contributed by atoms with Crippen LogP contribution in [0.2, 0.25) is 0 Å². The molecule has 0 atom stereocenters. The Morgan fingerprint density at radius 2 is 1.52 bits per heavy atom. The van der Waals surface area contributed by atoms with E-state index in [1.54, 1.807) is 24.3 Å². The number of para-hydroxylation sites is 1. The van der Waals surface area contributed by atoms with E-state index in [2.05, 4.69) is 4.98 Å². The second-order valence-electron chi connectivity index (χ2n) is 4.49. The van der Waals surface area contributed by atoms with Gasteiger partial charge in [-0.05, 0) is 24.3 Å². The molecule has 6 heteroatoms. The number of carbonyl (C=O) groups excluding carboxylic acids is 2. The summed E-state index contributed by atoms with van der Waals surface area (Å²) in [5.41, 5.74) is 1.79. The fraction of sp³-hybridized carbons (Fsp3) is 0. The lowest BCUT2D eigenvalue weighted by Crippen LogP contribution is -2.21. The molecule has 1 aliphatic heterocycles. The molecule has 0 N–H and O–H groups in total. The van der Waals surface area contributed by atoms with Crippen molar-refractivity contribution in [3.8, 4) is 0 Å². The number of imide groups is 1. The minimum atomic E-state index is -0.278. The summed E-state index contributed by atoms with van der Waals surface area (Å²) >= 11 is 2.56. The normalized spacial score (nSPS) is 14.0. The van der Waals surface area contributed by atoms with Gasteiger partial charge in [0.25, 0.3) is 11.8 Å². The van der Waals surface area contributed by atoms with E-state index in [1.165, 1.54) is 15.6 Å². The van der Waals surface area contributed by atoms with Crippen LogP contribution in [-0.2, 0) is 0 Å². The highest BCUT2D eigenvalue weighted by Gasteiger charge is 2.36. The number of amides is 2. The van der Waals surface area contributed by atoms with E-state index >= 15 is 0 Å². The molecule has 0 saturated heterocycles. The highest BCUT2D eigenvalue weighted by Crippen LogP contribution is 2.36. The van der Waals surface area contributed by atoms with Crippen molar-refractivity contribution in [3.05, 3.63) is 59.7 Å². The van der Waals surface area contributed by atoms with E-state index in [-0.39, 0.29) is 11.8 Å². The number of aromatic nitrogens is 1. The molecule has 4 nitrogen and oxygen atoms in total. The molecule has 1 aliphatic rings. The van der Waals surface area contributed by atoms with Crippen molar-refractivity contribution in [2.24, 2.45) is 0 Å². The van der Waals surface area contributed by atoms with E-state index in [9.17, 15) is 9.59 Å². The quantitative estimate of drug-likeness (QED) is 0.536. The van der Waals surface area contributed by atoms with Gasteiger partial charge in [-0.1, -0.05) is 24.3 Å². The summed E-state index contributed by atoms with van der Waals surface area (Å²) in [6.45, 7) is 0. The van der Waals surface area contributed by atoms with Crippen LogP contribution in [-0.4, -0.2) is 21.1 Å². The summed E-state index contributed by atoms with van der Waals surface area (Å²) in [6.07, 6.45) is 0. The van der Waals surface area contributed by atoms with E-state index in [4.69, 9.17) is 0 Å². The highest BCUT2D eigenvalue weighted by atomic mass is 32.2. The molecular weight excluding hydrogens is 304 g/mol. The van der Waals surface area contributed by atoms with E-state index in [0.717, 1.165) is 22.2 Å². The first kappa shape index (κ1) is 12.6. The van der Waals surface area contributed by atoms with Gasteiger partial charge in [0.15, 0.2) is 4.34 Å². The van der Waals surface area contributed by atoms with Crippen LogP contribution in [0, 0.1) is 0 Å². The Hall–Kier alpha value is -2.18. The Balaban J connectivity index is 1.69. The SMILES string of the molecule is O=C1c2ccccc2C(=O)N1Sc1nc2ccccc2s1. The number of benzene rings is 2. The van der Waals surface area contributed by atoms with Gasteiger partial charge >= 0.3 is 0 Å². The van der Waals surface area contributed by atoms with E-state index < -0.39 is 0 Å². The van der Waals surface area contributed by atoms with Crippen LogP contribution in [0.5, 0.6) is 0 Å². The van der Waals surface area contributed by atoms with Gasteiger partial charge in [0.2, 0.25) is 0 Å². The second-order valence-corrected chi connectivity index (χ2v) is 6.71. The Bertz CT molecular complexity index is 820. The number of rotatable bonds is 2. The van der Waals surface area contributed by atoms with Crippen LogP contribution in [0.4, 0.5) is 0 Å². The second kappa shape index (κ2) is 4.68. The molecule has 2 amide bonds. The zero-order valence-corrected chi connectivity index (χ0v) is 12.3. The first-order valence-electron chi connectivity index (χ1n) is 6.25. The van der Waals surface area contributed by atoms with Crippen LogP contribution in [0.25, 0.3) is 10.2 Å². The first-order valence-corrected chi connectivity index (χ1v) is 7.84. The fourth-order valence-corrected chi connectivity index (χ4v) is 4.22. The lowest BCUT2D eigenvalue weighted by molar-refractivity contribution is 0.0777. The summed E-state index contributed by atoms with van der Waals surface area (Å²) in [4.78, 5) is 29.0. The summed E-state index contributed by atoms with van der Waals surface area (Å²) in [5, 5.41) is 0. The number of fused-ring (bicyclic) bond motifs is 2. The minimum Gasteiger partial charge on any atom is -0.268 e. The molecular formula is C15H8N2O2S2. The lowest BCUT2D eigenvalue weighted by atomic mass is 10.1. The molecule has 0 aliphatic carbocycles. The maximum Gasteiger partial charge on any atom is 0.272 e. The third kappa shape index (κ3) is 1.95. The van der Waals surface area contributed by atoms with Crippen LogP contribution >= 0.6 is 23.3 Å². The monoisotopic (exact) mass is 312 g/mol. The van der Waals surface area contributed by atoms with E-state index in [1.807, 2.05) is 24.3 Å². The van der Waals surface area contributed by atoms with Crippen molar-refractivity contribution in [3.63, 3.8) is 0 Å². The third-order valence-corrected chi connectivity index (χ3v) is 5.27. The molecule has 0 radical (unpaired) electrons. The number of hydrogen-bond donors (Lipinski definition) is 0. The molecule has 1 aromatic heterocycles. The van der Waals surface area contributed by atoms with Crippen molar-refractivity contribution >= 4 is 45.3 Å². The Labute approximate surface area is 128 Å². The Morgan fingerprint density at radius 1 is 0.905 bits per heavy atom. The van der Waals surface area contributed by atoms with Crippen molar-refractivity contribution in [1.29, 1.82) is 0 Å². The fourth-order valence-electron chi connectivity index (χ4n) is 2.22. The van der Waals surface area contributed by atoms with Crippen LogP contribution in [0.3, 0.4) is 0 Å². The van der Waals surface area contributed by atoms with Crippen molar-refractivity contribution < 1.29 is 9.59 Å². The smallest absolute Gasteiger partial charge is 0.268 e. The van der Waals surface area contributed by atoms with E-state index in [0.29, 0.717) is 15.5 Å². The highest BCUT2D eigenvalue weighted by molar-refractivity contribution is 8.00. The van der Waals surface area contributed by atoms with Crippen molar-refractivity contribution in [1.82, 2.24) is 9.29 Å². The average Bonchev–Trinajstić information content (AvgIpc) is 3.02.